The van der Waals surface area contributed by atoms with Crippen LogP contribution in [0.25, 0.3) is 11.0 Å². The van der Waals surface area contributed by atoms with Gasteiger partial charge in [-0.1, -0.05) is 30.3 Å². The van der Waals surface area contributed by atoms with Gasteiger partial charge in [-0.2, -0.15) is 0 Å². The first kappa shape index (κ1) is 14.3. The van der Waals surface area contributed by atoms with Crippen molar-refractivity contribution < 1.29 is 9.47 Å². The van der Waals surface area contributed by atoms with E-state index in [4.69, 9.17) is 15.2 Å². The monoisotopic (exact) mass is 297 g/mol. The maximum absolute atomic E-state index is 6.14. The van der Waals surface area contributed by atoms with Crippen LogP contribution in [0, 0.1) is 0 Å². The van der Waals surface area contributed by atoms with Gasteiger partial charge in [-0.25, -0.2) is 4.98 Å². The van der Waals surface area contributed by atoms with Crippen molar-refractivity contribution in [2.24, 2.45) is 0 Å². The van der Waals surface area contributed by atoms with E-state index in [0.717, 1.165) is 11.0 Å². The number of fused-ring (bicyclic) bond motifs is 1. The molecule has 22 heavy (non-hydrogen) atoms. The fraction of sp³-hybridized carbons (Fsp3) is 0.235. The van der Waals surface area contributed by atoms with Crippen LogP contribution in [0.5, 0.6) is 11.5 Å². The molecule has 0 spiro atoms. The molecule has 0 aliphatic heterocycles. The quantitative estimate of drug-likeness (QED) is 0.803. The molecule has 3 rings (SSSR count). The lowest BCUT2D eigenvalue weighted by atomic mass is 10.1. The van der Waals surface area contributed by atoms with E-state index in [9.17, 15) is 0 Å². The summed E-state index contributed by atoms with van der Waals surface area (Å²) in [6, 6.07) is 14.0. The fourth-order valence-corrected chi connectivity index (χ4v) is 2.73. The fourth-order valence-electron chi connectivity index (χ4n) is 2.73. The molecule has 1 unspecified atom stereocenters. The van der Waals surface area contributed by atoms with E-state index in [0.29, 0.717) is 17.4 Å². The molecule has 1 aromatic heterocycles. The van der Waals surface area contributed by atoms with Gasteiger partial charge in [0.2, 0.25) is 5.95 Å². The van der Waals surface area contributed by atoms with E-state index in [2.05, 4.69) is 24.0 Å². The molecule has 0 radical (unpaired) electrons. The van der Waals surface area contributed by atoms with Crippen LogP contribution >= 0.6 is 0 Å². The number of hydrogen-bond donors (Lipinski definition) is 1. The average Bonchev–Trinajstić information content (AvgIpc) is 2.88. The summed E-state index contributed by atoms with van der Waals surface area (Å²) in [5.74, 6) is 1.78. The Labute approximate surface area is 129 Å². The molecule has 0 amide bonds. The van der Waals surface area contributed by atoms with Gasteiger partial charge in [0.1, 0.15) is 0 Å². The smallest absolute Gasteiger partial charge is 0.201 e. The number of hydrogen-bond acceptors (Lipinski definition) is 4. The second kappa shape index (κ2) is 5.60. The third-order valence-corrected chi connectivity index (χ3v) is 3.89. The molecule has 1 heterocycles. The number of nitrogens with two attached hydrogens (primary N) is 1. The molecule has 0 saturated heterocycles. The van der Waals surface area contributed by atoms with Gasteiger partial charge in [-0.15, -0.1) is 0 Å². The van der Waals surface area contributed by atoms with Crippen molar-refractivity contribution in [2.75, 3.05) is 20.0 Å². The molecular weight excluding hydrogens is 278 g/mol. The first-order valence-electron chi connectivity index (χ1n) is 7.10. The summed E-state index contributed by atoms with van der Waals surface area (Å²) in [5, 5.41) is 0. The number of imidazole rings is 1. The minimum absolute atomic E-state index is 0.0734. The molecule has 3 aromatic rings. The van der Waals surface area contributed by atoms with Gasteiger partial charge in [-0.3, -0.25) is 0 Å². The molecule has 0 bridgehead atoms. The van der Waals surface area contributed by atoms with E-state index in [1.54, 1.807) is 14.2 Å². The normalized spacial score (nSPS) is 12.3. The zero-order chi connectivity index (χ0) is 15.7. The van der Waals surface area contributed by atoms with Crippen molar-refractivity contribution in [3.05, 3.63) is 48.0 Å². The number of anilines is 1. The second-order valence-corrected chi connectivity index (χ2v) is 5.12. The molecule has 0 aliphatic carbocycles. The summed E-state index contributed by atoms with van der Waals surface area (Å²) in [5.41, 5.74) is 9.03. The molecule has 5 heteroatoms. The number of benzene rings is 2. The molecule has 0 aliphatic rings. The number of nitrogens with zero attached hydrogens (tertiary/aromatic N) is 2. The largest absolute Gasteiger partial charge is 0.493 e. The number of ether oxygens (including phenoxy) is 2. The summed E-state index contributed by atoms with van der Waals surface area (Å²) in [6.45, 7) is 2.10. The molecule has 1 atom stereocenters. The molecule has 5 nitrogen and oxygen atoms in total. The van der Waals surface area contributed by atoms with Crippen molar-refractivity contribution in [2.45, 2.75) is 13.0 Å². The van der Waals surface area contributed by atoms with E-state index < -0.39 is 0 Å². The predicted octanol–water partition coefficient (Wildman–Crippen LogP) is 3.25. The molecule has 0 fully saturated rings. The van der Waals surface area contributed by atoms with Crippen molar-refractivity contribution in [1.29, 1.82) is 0 Å². The van der Waals surface area contributed by atoms with Crippen LogP contribution < -0.4 is 15.2 Å². The first-order valence-corrected chi connectivity index (χ1v) is 7.10. The number of aromatic nitrogens is 2. The van der Waals surface area contributed by atoms with Crippen molar-refractivity contribution in [1.82, 2.24) is 9.55 Å². The van der Waals surface area contributed by atoms with Gasteiger partial charge >= 0.3 is 0 Å². The average molecular weight is 297 g/mol. The first-order chi connectivity index (χ1) is 10.7. The Morgan fingerprint density at radius 2 is 1.68 bits per heavy atom. The van der Waals surface area contributed by atoms with Crippen LogP contribution in [0.2, 0.25) is 0 Å². The SMILES string of the molecule is COc1cc2nc(N)n(C(C)c3ccccc3)c2cc1OC. The maximum Gasteiger partial charge on any atom is 0.201 e. The van der Waals surface area contributed by atoms with Crippen LogP contribution in [0.4, 0.5) is 5.95 Å². The lowest BCUT2D eigenvalue weighted by Crippen LogP contribution is -2.10. The van der Waals surface area contributed by atoms with Gasteiger partial charge in [0, 0.05) is 12.1 Å². The number of nitrogen functional groups attached to an aromatic ring is 1. The van der Waals surface area contributed by atoms with Crippen molar-refractivity contribution in [3.63, 3.8) is 0 Å². The lowest BCUT2D eigenvalue weighted by Gasteiger charge is -2.17. The molecule has 0 saturated carbocycles. The Hall–Kier alpha value is -2.69. The molecule has 2 N–H and O–H groups in total. The lowest BCUT2D eigenvalue weighted by molar-refractivity contribution is 0.355. The highest BCUT2D eigenvalue weighted by Gasteiger charge is 2.18. The van der Waals surface area contributed by atoms with Gasteiger partial charge in [0.25, 0.3) is 0 Å². The standard InChI is InChI=1S/C17H19N3O2/c1-11(12-7-5-4-6-8-12)20-14-10-16(22-3)15(21-2)9-13(14)19-17(20)18/h4-11H,1-3H3,(H2,18,19). The Bertz CT molecular complexity index is 797. The zero-order valence-electron chi connectivity index (χ0n) is 12.9. The van der Waals surface area contributed by atoms with Crippen LogP contribution in [-0.4, -0.2) is 23.8 Å². The minimum Gasteiger partial charge on any atom is -0.493 e. The minimum atomic E-state index is 0.0734. The topological polar surface area (TPSA) is 62.3 Å². The van der Waals surface area contributed by atoms with Crippen molar-refractivity contribution in [3.8, 4) is 11.5 Å². The maximum atomic E-state index is 6.14. The second-order valence-electron chi connectivity index (χ2n) is 5.12. The third kappa shape index (κ3) is 2.24. The van der Waals surface area contributed by atoms with Crippen LogP contribution in [0.1, 0.15) is 18.5 Å². The van der Waals surface area contributed by atoms with E-state index in [1.165, 1.54) is 5.56 Å². The van der Waals surface area contributed by atoms with Crippen LogP contribution in [0.15, 0.2) is 42.5 Å². The van der Waals surface area contributed by atoms with Gasteiger partial charge in [0.05, 0.1) is 31.3 Å². The van der Waals surface area contributed by atoms with E-state index >= 15 is 0 Å². The van der Waals surface area contributed by atoms with Crippen molar-refractivity contribution >= 4 is 17.0 Å². The van der Waals surface area contributed by atoms with E-state index in [-0.39, 0.29) is 6.04 Å². The van der Waals surface area contributed by atoms with Gasteiger partial charge in [-0.05, 0) is 12.5 Å². The summed E-state index contributed by atoms with van der Waals surface area (Å²) in [7, 11) is 3.23. The van der Waals surface area contributed by atoms with Crippen LogP contribution in [-0.2, 0) is 0 Å². The zero-order valence-corrected chi connectivity index (χ0v) is 12.9. The van der Waals surface area contributed by atoms with E-state index in [1.807, 2.05) is 34.9 Å². The molecule has 114 valence electrons. The van der Waals surface area contributed by atoms with Gasteiger partial charge < -0.3 is 19.8 Å². The summed E-state index contributed by atoms with van der Waals surface area (Å²) >= 11 is 0. The highest BCUT2D eigenvalue weighted by atomic mass is 16.5. The predicted molar refractivity (Wildman–Crippen MR) is 87.5 cm³/mol. The van der Waals surface area contributed by atoms with Gasteiger partial charge in [0.15, 0.2) is 11.5 Å². The highest BCUT2D eigenvalue weighted by molar-refractivity contribution is 5.82. The summed E-state index contributed by atoms with van der Waals surface area (Å²) in [6.07, 6.45) is 0. The Morgan fingerprint density at radius 3 is 2.32 bits per heavy atom. The summed E-state index contributed by atoms with van der Waals surface area (Å²) in [4.78, 5) is 4.45. The van der Waals surface area contributed by atoms with Crippen LogP contribution in [0.3, 0.4) is 0 Å². The Morgan fingerprint density at radius 1 is 1.05 bits per heavy atom. The number of methoxy groups -OCH3 is 2. The number of rotatable bonds is 4. The Balaban J connectivity index is 2.19. The molecular formula is C17H19N3O2. The highest BCUT2D eigenvalue weighted by Crippen LogP contribution is 2.35. The third-order valence-electron chi connectivity index (χ3n) is 3.89. The summed E-state index contributed by atoms with van der Waals surface area (Å²) < 4.78 is 12.7. The molecule has 2 aromatic carbocycles. The Kier molecular flexibility index (Phi) is 3.63.